The summed E-state index contributed by atoms with van der Waals surface area (Å²) in [5.41, 5.74) is 7.29. The number of halogens is 3. The van der Waals surface area contributed by atoms with Gasteiger partial charge in [0.2, 0.25) is 0 Å². The van der Waals surface area contributed by atoms with Gasteiger partial charge in [-0.25, -0.2) is 0 Å². The third kappa shape index (κ3) is 3.70. The number of hydrogen-bond acceptors (Lipinski definition) is 2. The molecule has 110 valence electrons. The average molecular weight is 302 g/mol. The molecule has 1 fully saturated rings. The topological polar surface area (TPSA) is 29.3 Å². The second-order valence-corrected chi connectivity index (χ2v) is 5.58. The van der Waals surface area contributed by atoms with Crippen LogP contribution < -0.4 is 5.73 Å². The number of nitrogens with zero attached hydrogens (tertiary/aromatic N) is 1. The molecular formula is C14H17F3N2S. The number of likely N-dealkylation sites (tertiary alicyclic amines) is 1. The van der Waals surface area contributed by atoms with Gasteiger partial charge in [-0.1, -0.05) is 36.5 Å². The molecule has 1 unspecified atom stereocenters. The lowest BCUT2D eigenvalue weighted by molar-refractivity contribution is -0.187. The molecule has 0 aromatic heterocycles. The summed E-state index contributed by atoms with van der Waals surface area (Å²) in [6.45, 7) is 1.19. The van der Waals surface area contributed by atoms with Gasteiger partial charge in [0.05, 0.1) is 5.92 Å². The van der Waals surface area contributed by atoms with Crippen molar-refractivity contribution in [2.45, 2.75) is 25.6 Å². The first-order valence-electron chi connectivity index (χ1n) is 6.54. The Labute approximate surface area is 121 Å². The molecule has 0 saturated carbocycles. The number of thiocarbonyl (C=S) groups is 1. The van der Waals surface area contributed by atoms with Crippen LogP contribution in [0.5, 0.6) is 0 Å². The Morgan fingerprint density at radius 1 is 1.35 bits per heavy atom. The monoisotopic (exact) mass is 302 g/mol. The van der Waals surface area contributed by atoms with Gasteiger partial charge in [0.25, 0.3) is 0 Å². The van der Waals surface area contributed by atoms with E-state index in [0.29, 0.717) is 19.5 Å². The smallest absolute Gasteiger partial charge is 0.389 e. The molecule has 0 amide bonds. The van der Waals surface area contributed by atoms with Crippen molar-refractivity contribution in [1.29, 1.82) is 0 Å². The highest BCUT2D eigenvalue weighted by Crippen LogP contribution is 2.33. The number of piperidine rings is 1. The maximum atomic E-state index is 12.8. The Morgan fingerprint density at radius 3 is 2.70 bits per heavy atom. The van der Waals surface area contributed by atoms with E-state index >= 15 is 0 Å². The minimum atomic E-state index is -4.11. The van der Waals surface area contributed by atoms with E-state index in [-0.39, 0.29) is 18.0 Å². The van der Waals surface area contributed by atoms with Gasteiger partial charge in [0, 0.05) is 18.7 Å². The maximum Gasteiger partial charge on any atom is 0.393 e. The summed E-state index contributed by atoms with van der Waals surface area (Å²) >= 11 is 4.98. The molecule has 1 aromatic carbocycles. The highest BCUT2D eigenvalue weighted by Gasteiger charge is 2.41. The first-order chi connectivity index (χ1) is 9.38. The maximum absolute atomic E-state index is 12.8. The summed E-state index contributed by atoms with van der Waals surface area (Å²) in [6, 6.07) is 7.35. The van der Waals surface area contributed by atoms with Crippen LogP contribution in [-0.4, -0.2) is 29.2 Å². The van der Waals surface area contributed by atoms with Crippen LogP contribution in [0.25, 0.3) is 0 Å². The fraction of sp³-hybridized carbons (Fsp3) is 0.500. The number of hydrogen-bond donors (Lipinski definition) is 1. The van der Waals surface area contributed by atoms with Crippen LogP contribution in [0.15, 0.2) is 24.3 Å². The molecule has 0 aliphatic carbocycles. The predicted octanol–water partition coefficient (Wildman–Crippen LogP) is 3.10. The summed E-state index contributed by atoms with van der Waals surface area (Å²) in [5, 5.41) is 0. The molecule has 1 aromatic rings. The zero-order valence-electron chi connectivity index (χ0n) is 11.0. The quantitative estimate of drug-likeness (QED) is 0.870. The minimum absolute atomic E-state index is 0.0508. The number of benzene rings is 1. The molecule has 0 radical (unpaired) electrons. The summed E-state index contributed by atoms with van der Waals surface area (Å²) in [7, 11) is 0. The van der Waals surface area contributed by atoms with Gasteiger partial charge in [-0.15, -0.1) is 0 Å². The van der Waals surface area contributed by atoms with E-state index < -0.39 is 12.1 Å². The average Bonchev–Trinajstić information content (AvgIpc) is 2.38. The molecule has 2 nitrogen and oxygen atoms in total. The van der Waals surface area contributed by atoms with Gasteiger partial charge in [-0.05, 0) is 24.9 Å². The highest BCUT2D eigenvalue weighted by molar-refractivity contribution is 7.80. The Balaban J connectivity index is 2.09. The Hall–Kier alpha value is -1.14. The van der Waals surface area contributed by atoms with E-state index in [1.54, 1.807) is 0 Å². The largest absolute Gasteiger partial charge is 0.393 e. The lowest BCUT2D eigenvalue weighted by atomic mass is 9.96. The normalized spacial score (nSPS) is 20.9. The van der Waals surface area contributed by atoms with E-state index in [1.807, 2.05) is 29.2 Å². The number of nitrogens with two attached hydrogens (primary N) is 1. The lowest BCUT2D eigenvalue weighted by Crippen LogP contribution is -2.41. The third-order valence-electron chi connectivity index (χ3n) is 3.65. The fourth-order valence-electron chi connectivity index (χ4n) is 2.61. The Kier molecular flexibility index (Phi) is 4.65. The van der Waals surface area contributed by atoms with Gasteiger partial charge in [-0.2, -0.15) is 13.2 Å². The summed E-state index contributed by atoms with van der Waals surface area (Å²) in [4.78, 5) is 2.11. The SMILES string of the molecule is NC(=S)c1ccccc1CN1CCCC(C(F)(F)F)C1. The molecule has 2 N–H and O–H groups in total. The van der Waals surface area contributed by atoms with Crippen LogP contribution in [0.4, 0.5) is 13.2 Å². The van der Waals surface area contributed by atoms with E-state index in [0.717, 1.165) is 11.1 Å². The van der Waals surface area contributed by atoms with Crippen LogP contribution in [0.2, 0.25) is 0 Å². The van der Waals surface area contributed by atoms with E-state index in [1.165, 1.54) is 0 Å². The molecule has 20 heavy (non-hydrogen) atoms. The van der Waals surface area contributed by atoms with Crippen LogP contribution >= 0.6 is 12.2 Å². The highest BCUT2D eigenvalue weighted by atomic mass is 32.1. The molecule has 1 saturated heterocycles. The molecule has 1 atom stereocenters. The third-order valence-corrected chi connectivity index (χ3v) is 3.87. The number of alkyl halides is 3. The van der Waals surface area contributed by atoms with Gasteiger partial charge in [-0.3, -0.25) is 4.90 Å². The van der Waals surface area contributed by atoms with E-state index in [9.17, 15) is 13.2 Å². The molecular weight excluding hydrogens is 285 g/mol. The van der Waals surface area contributed by atoms with E-state index in [4.69, 9.17) is 18.0 Å². The van der Waals surface area contributed by atoms with Crippen molar-refractivity contribution in [2.24, 2.45) is 11.7 Å². The Bertz CT molecular complexity index is 488. The van der Waals surface area contributed by atoms with Crippen LogP contribution in [0.3, 0.4) is 0 Å². The summed E-state index contributed by atoms with van der Waals surface area (Å²) in [6.07, 6.45) is -3.32. The zero-order chi connectivity index (χ0) is 14.8. The van der Waals surface area contributed by atoms with Crippen molar-refractivity contribution in [3.63, 3.8) is 0 Å². The molecule has 2 rings (SSSR count). The molecule has 1 aliphatic heterocycles. The number of rotatable bonds is 3. The molecule has 0 bridgehead atoms. The standard InChI is InChI=1S/C14H17F3N2S/c15-14(16,17)11-5-3-7-19(9-11)8-10-4-1-2-6-12(10)13(18)20/h1-2,4,6,11H,3,5,7-9H2,(H2,18,20). The van der Waals surface area contributed by atoms with Gasteiger partial charge >= 0.3 is 6.18 Å². The Morgan fingerprint density at radius 2 is 2.05 bits per heavy atom. The first-order valence-corrected chi connectivity index (χ1v) is 6.95. The first kappa shape index (κ1) is 15.3. The van der Waals surface area contributed by atoms with Crippen molar-refractivity contribution in [3.05, 3.63) is 35.4 Å². The van der Waals surface area contributed by atoms with Crippen molar-refractivity contribution in [2.75, 3.05) is 13.1 Å². The molecule has 6 heteroatoms. The van der Waals surface area contributed by atoms with Crippen molar-refractivity contribution >= 4 is 17.2 Å². The van der Waals surface area contributed by atoms with Gasteiger partial charge in [0.1, 0.15) is 4.99 Å². The predicted molar refractivity (Wildman–Crippen MR) is 76.4 cm³/mol. The van der Waals surface area contributed by atoms with Crippen LogP contribution in [0.1, 0.15) is 24.0 Å². The zero-order valence-corrected chi connectivity index (χ0v) is 11.8. The summed E-state index contributed by atoms with van der Waals surface area (Å²) < 4.78 is 38.4. The van der Waals surface area contributed by atoms with Crippen molar-refractivity contribution in [1.82, 2.24) is 4.90 Å². The summed E-state index contributed by atoms with van der Waals surface area (Å²) in [5.74, 6) is -1.23. The molecule has 1 aliphatic rings. The van der Waals surface area contributed by atoms with Crippen molar-refractivity contribution in [3.8, 4) is 0 Å². The lowest BCUT2D eigenvalue weighted by Gasteiger charge is -2.34. The molecule has 0 spiro atoms. The minimum Gasteiger partial charge on any atom is -0.389 e. The van der Waals surface area contributed by atoms with E-state index in [2.05, 4.69) is 0 Å². The van der Waals surface area contributed by atoms with Crippen LogP contribution in [0, 0.1) is 5.92 Å². The fourth-order valence-corrected chi connectivity index (χ4v) is 2.80. The van der Waals surface area contributed by atoms with Gasteiger partial charge in [0.15, 0.2) is 0 Å². The van der Waals surface area contributed by atoms with Gasteiger partial charge < -0.3 is 5.73 Å². The second kappa shape index (κ2) is 6.10. The second-order valence-electron chi connectivity index (χ2n) is 5.14. The van der Waals surface area contributed by atoms with Crippen molar-refractivity contribution < 1.29 is 13.2 Å². The van der Waals surface area contributed by atoms with Crippen LogP contribution in [-0.2, 0) is 6.54 Å². The molecule has 1 heterocycles.